The first-order chi connectivity index (χ1) is 19.7. The second-order valence-corrected chi connectivity index (χ2v) is 6.96. The molecule has 1 saturated carbocycles. The molecule has 0 bridgehead atoms. The van der Waals surface area contributed by atoms with Gasteiger partial charge in [0.2, 0.25) is 0 Å². The number of anilines is 1. The molecule has 5 nitrogen and oxygen atoms in total. The Labute approximate surface area is 197 Å². The van der Waals surface area contributed by atoms with Crippen LogP contribution in [0, 0.1) is 12.8 Å². The van der Waals surface area contributed by atoms with Gasteiger partial charge in [0.05, 0.1) is 16.2 Å². The van der Waals surface area contributed by atoms with E-state index in [2.05, 4.69) is 0 Å². The molecule has 3 rings (SSSR count). The number of hydrogen-bond acceptors (Lipinski definition) is 3. The van der Waals surface area contributed by atoms with Crippen LogP contribution in [0.25, 0.3) is 0 Å². The fraction of sp³-hybridized carbons (Fsp3) is 0.682. The number of amides is 2. The maximum atomic E-state index is 12.6. The number of hydrogen-bond donors (Lipinski definition) is 1. The lowest BCUT2D eigenvalue weighted by molar-refractivity contribution is 0.194. The minimum absolute atomic E-state index is 0.0765. The summed E-state index contributed by atoms with van der Waals surface area (Å²) in [5, 5.41) is 1.76. The predicted molar refractivity (Wildman–Crippen MR) is 117 cm³/mol. The second-order valence-electron chi connectivity index (χ2n) is 6.58. The maximum absolute atomic E-state index is 12.6. The van der Waals surface area contributed by atoms with Gasteiger partial charge in [-0.1, -0.05) is 23.7 Å². The zero-order valence-electron chi connectivity index (χ0n) is 31.9. The van der Waals surface area contributed by atoms with E-state index in [1.807, 2.05) is 0 Å². The molecular formula is C22H35ClN4O. The molecule has 0 aromatic heterocycles. The molecule has 28 heavy (non-hydrogen) atoms. The summed E-state index contributed by atoms with van der Waals surface area (Å²) in [5.74, 6) is -3.13. The Kier molecular flexibility index (Phi) is 3.07. The fourth-order valence-corrected chi connectivity index (χ4v) is 3.09. The van der Waals surface area contributed by atoms with E-state index in [9.17, 15) is 4.79 Å². The smallest absolute Gasteiger partial charge is 0.317 e. The van der Waals surface area contributed by atoms with Crippen molar-refractivity contribution in [2.45, 2.75) is 44.9 Å². The molecule has 2 aliphatic rings. The Bertz CT molecular complexity index is 1240. The van der Waals surface area contributed by atoms with Gasteiger partial charge >= 0.3 is 6.03 Å². The van der Waals surface area contributed by atoms with Crippen LogP contribution in [0.2, 0.25) is 5.02 Å². The van der Waals surface area contributed by atoms with Crippen LogP contribution in [-0.4, -0.2) is 68.6 Å². The Morgan fingerprint density at radius 1 is 1.36 bits per heavy atom. The Morgan fingerprint density at radius 3 is 2.75 bits per heavy atom. The van der Waals surface area contributed by atoms with Crippen LogP contribution in [-0.2, 0) is 0 Å². The van der Waals surface area contributed by atoms with Crippen molar-refractivity contribution in [3.05, 3.63) is 28.7 Å². The van der Waals surface area contributed by atoms with E-state index in [1.54, 1.807) is 22.0 Å². The van der Waals surface area contributed by atoms with Crippen LogP contribution >= 0.6 is 11.6 Å². The summed E-state index contributed by atoms with van der Waals surface area (Å²) < 4.78 is 133. The number of carbonyl (C=O) groups excluding carboxylic acids is 1. The number of nitrogens with one attached hydrogen (secondary N) is 1. The Balaban J connectivity index is 1.88. The minimum atomic E-state index is -3.74. The van der Waals surface area contributed by atoms with Crippen molar-refractivity contribution >= 4 is 23.3 Å². The summed E-state index contributed by atoms with van der Waals surface area (Å²) in [5.41, 5.74) is 0.624. The van der Waals surface area contributed by atoms with Crippen LogP contribution in [0.5, 0.6) is 0 Å². The molecular weight excluding hydrogens is 372 g/mol. The largest absolute Gasteiger partial charge is 0.368 e. The van der Waals surface area contributed by atoms with Gasteiger partial charge in [0, 0.05) is 62.7 Å². The van der Waals surface area contributed by atoms with Gasteiger partial charge in [-0.2, -0.15) is 0 Å². The van der Waals surface area contributed by atoms with Gasteiger partial charge in [-0.15, -0.1) is 0 Å². The molecule has 1 aliphatic heterocycles. The number of rotatable bonds is 5. The van der Waals surface area contributed by atoms with E-state index < -0.39 is 56.8 Å². The normalized spacial score (nSPS) is 44.8. The molecule has 1 aromatic rings. The number of halogens is 1. The first-order valence-corrected chi connectivity index (χ1v) is 9.32. The van der Waals surface area contributed by atoms with Crippen molar-refractivity contribution in [2.75, 3.05) is 51.6 Å². The van der Waals surface area contributed by atoms with Gasteiger partial charge in [-0.3, -0.25) is 4.90 Å². The molecule has 2 fully saturated rings. The van der Waals surface area contributed by atoms with Gasteiger partial charge < -0.3 is 15.1 Å². The average molecular weight is 423 g/mol. The zero-order valence-corrected chi connectivity index (χ0v) is 16.6. The number of carbonyl (C=O) groups is 1. The molecule has 1 heterocycles. The molecule has 6 heteroatoms. The molecule has 0 radical (unpaired) electrons. The first kappa shape index (κ1) is 8.73. The predicted octanol–water partition coefficient (Wildman–Crippen LogP) is 3.99. The van der Waals surface area contributed by atoms with Gasteiger partial charge in [0.15, 0.2) is 0 Å². The minimum Gasteiger partial charge on any atom is -0.368 e. The summed E-state index contributed by atoms with van der Waals surface area (Å²) in [7, 11) is 0.772. The van der Waals surface area contributed by atoms with Gasteiger partial charge in [-0.25, -0.2) is 4.79 Å². The summed E-state index contributed by atoms with van der Waals surface area (Å²) >= 11 is 6.41. The van der Waals surface area contributed by atoms with Crippen molar-refractivity contribution in [2.24, 2.45) is 5.89 Å². The zero-order chi connectivity index (χ0) is 34.2. The monoisotopic (exact) mass is 422 g/mol. The highest BCUT2D eigenvalue weighted by Gasteiger charge is 2.24. The van der Waals surface area contributed by atoms with Crippen molar-refractivity contribution in [1.29, 1.82) is 0 Å². The number of piperazine rings is 1. The van der Waals surface area contributed by atoms with Crippen LogP contribution in [0.1, 0.15) is 59.4 Å². The number of nitrogens with zero attached hydrogens (tertiary/aromatic N) is 3. The third-order valence-electron chi connectivity index (χ3n) is 4.55. The Morgan fingerprint density at radius 2 is 2.07 bits per heavy atom. The third kappa shape index (κ3) is 5.54. The van der Waals surface area contributed by atoms with Crippen molar-refractivity contribution in [3.8, 4) is 0 Å². The SMILES string of the molecule is [2H]c1c([2H])c(C)c(Cl)c(N2CCN(CC[C@]3([2H])C([2H])([2H])C([2H])([2H])[C@@]([2H])(NC(=O)N(C)C([2H])([2H])[2H])C([2H])([2H])C3([2H])[2H])CC2)c1[2H]. The molecule has 2 amide bonds. The van der Waals surface area contributed by atoms with Crippen LogP contribution < -0.4 is 10.2 Å². The van der Waals surface area contributed by atoms with E-state index in [-0.39, 0.29) is 66.5 Å². The lowest BCUT2D eigenvalue weighted by Gasteiger charge is -2.37. The summed E-state index contributed by atoms with van der Waals surface area (Å²) in [6.45, 7) is -0.699. The maximum Gasteiger partial charge on any atom is 0.317 e. The molecule has 0 unspecified atom stereocenters. The standard InChI is InChI=1S/C22H35ClN4O/c1-17-5-4-6-20(21(17)23)27-15-13-26(14-16-27)12-11-18-7-9-19(10-8-18)24-22(28)25(2)3/h4-6,18-19H,7-16H2,1-3H3,(H,24,28)/t18-,19-/i2D3,4D,5D,6D,7D2,8D2,9D2,10D2,18D,19D. The van der Waals surface area contributed by atoms with Gasteiger partial charge in [0.1, 0.15) is 0 Å². The van der Waals surface area contributed by atoms with E-state index >= 15 is 0 Å². The second kappa shape index (κ2) is 9.84. The quantitative estimate of drug-likeness (QED) is 0.779. The number of benzene rings is 1. The first-order valence-electron chi connectivity index (χ1n) is 16.9. The third-order valence-corrected chi connectivity index (χ3v) is 5.01. The summed E-state index contributed by atoms with van der Waals surface area (Å²) in [4.78, 5) is 16.2. The highest BCUT2D eigenvalue weighted by Crippen LogP contribution is 2.30. The molecule has 0 atom stereocenters. The average Bonchev–Trinajstić information content (AvgIpc) is 2.92. The van der Waals surface area contributed by atoms with Crippen molar-refractivity contribution < 1.29 is 26.7 Å². The van der Waals surface area contributed by atoms with E-state index in [1.165, 1.54) is 0 Å². The van der Waals surface area contributed by atoms with Crippen LogP contribution in [0.3, 0.4) is 0 Å². The van der Waals surface area contributed by atoms with Crippen LogP contribution in [0.4, 0.5) is 10.5 Å². The van der Waals surface area contributed by atoms with Crippen molar-refractivity contribution in [3.63, 3.8) is 0 Å². The van der Waals surface area contributed by atoms with E-state index in [0.717, 1.165) is 7.05 Å². The summed E-state index contributed by atoms with van der Waals surface area (Å²) in [6.07, 6.45) is -15.4. The number of urea groups is 1. The molecule has 0 spiro atoms. The fourth-order valence-electron chi connectivity index (χ4n) is 2.87. The van der Waals surface area contributed by atoms with E-state index in [0.29, 0.717) is 5.56 Å². The highest BCUT2D eigenvalue weighted by molar-refractivity contribution is 6.34. The molecule has 1 N–H and O–H groups in total. The van der Waals surface area contributed by atoms with Gasteiger partial charge in [-0.05, 0) is 62.9 Å². The molecule has 156 valence electrons. The molecule has 1 aromatic carbocycles. The van der Waals surface area contributed by atoms with Gasteiger partial charge in [0.25, 0.3) is 0 Å². The lowest BCUT2D eigenvalue weighted by Crippen LogP contribution is -2.47. The van der Waals surface area contributed by atoms with Crippen molar-refractivity contribution in [1.82, 2.24) is 15.1 Å². The Hall–Kier alpha value is -1.46. The van der Waals surface area contributed by atoms with E-state index in [4.69, 9.17) is 33.5 Å². The molecule has 1 saturated heterocycles. The highest BCUT2D eigenvalue weighted by atomic mass is 35.5. The molecule has 1 aliphatic carbocycles. The van der Waals surface area contributed by atoms with Crippen LogP contribution in [0.15, 0.2) is 18.1 Å². The summed E-state index contributed by atoms with van der Waals surface area (Å²) in [6, 6.07) is -6.00. The lowest BCUT2D eigenvalue weighted by atomic mass is 9.84. The topological polar surface area (TPSA) is 38.8 Å².